The molecule has 0 radical (unpaired) electrons. The summed E-state index contributed by atoms with van der Waals surface area (Å²) >= 11 is 0. The summed E-state index contributed by atoms with van der Waals surface area (Å²) in [4.78, 5) is 0. The van der Waals surface area contributed by atoms with Crippen LogP contribution < -0.4 is 4.74 Å². The highest BCUT2D eigenvalue weighted by Crippen LogP contribution is 2.32. The fourth-order valence-electron chi connectivity index (χ4n) is 2.12. The average Bonchev–Trinajstić information content (AvgIpc) is 2.36. The van der Waals surface area contributed by atoms with Gasteiger partial charge in [-0.2, -0.15) is 0 Å². The van der Waals surface area contributed by atoms with Gasteiger partial charge < -0.3 is 14.6 Å². The molecular weight excluding hydrogens is 216 g/mol. The summed E-state index contributed by atoms with van der Waals surface area (Å²) < 4.78 is 10.8. The van der Waals surface area contributed by atoms with Gasteiger partial charge in [-0.25, -0.2) is 0 Å². The van der Waals surface area contributed by atoms with E-state index in [0.717, 1.165) is 30.6 Å². The van der Waals surface area contributed by atoms with Gasteiger partial charge in [-0.05, 0) is 49.4 Å². The topological polar surface area (TPSA) is 38.7 Å². The highest BCUT2D eigenvalue weighted by atomic mass is 16.5. The quantitative estimate of drug-likeness (QED) is 0.872. The van der Waals surface area contributed by atoms with Gasteiger partial charge >= 0.3 is 0 Å². The second kappa shape index (κ2) is 5.52. The number of aliphatic hydroxyl groups excluding tert-OH is 1. The minimum atomic E-state index is -0.331. The molecule has 3 nitrogen and oxygen atoms in total. The van der Waals surface area contributed by atoms with Crippen LogP contribution in [0.1, 0.15) is 37.0 Å². The summed E-state index contributed by atoms with van der Waals surface area (Å²) in [5, 5.41) is 9.93. The van der Waals surface area contributed by atoms with E-state index in [2.05, 4.69) is 6.07 Å². The van der Waals surface area contributed by atoms with E-state index in [1.54, 1.807) is 7.11 Å². The molecule has 0 saturated heterocycles. The molecule has 0 aliphatic heterocycles. The van der Waals surface area contributed by atoms with Crippen molar-refractivity contribution in [2.75, 3.05) is 13.7 Å². The van der Waals surface area contributed by atoms with Crippen LogP contribution in [0.25, 0.3) is 0 Å². The minimum Gasteiger partial charge on any atom is -0.491 e. The SMILES string of the molecule is COC(C)COc1ccc2c(c1)[C@H](O)CCC2. The van der Waals surface area contributed by atoms with Gasteiger partial charge in [-0.3, -0.25) is 0 Å². The zero-order chi connectivity index (χ0) is 12.3. The van der Waals surface area contributed by atoms with Crippen molar-refractivity contribution in [1.29, 1.82) is 0 Å². The molecule has 0 fully saturated rings. The molecule has 1 aromatic rings. The monoisotopic (exact) mass is 236 g/mol. The molecule has 1 aliphatic carbocycles. The van der Waals surface area contributed by atoms with Gasteiger partial charge in [0.25, 0.3) is 0 Å². The predicted octanol–water partition coefficient (Wildman–Crippen LogP) is 2.47. The molecule has 0 aromatic heterocycles. The summed E-state index contributed by atoms with van der Waals surface area (Å²) in [7, 11) is 1.67. The first-order valence-corrected chi connectivity index (χ1v) is 6.17. The van der Waals surface area contributed by atoms with Crippen molar-refractivity contribution < 1.29 is 14.6 Å². The third-order valence-electron chi connectivity index (χ3n) is 3.29. The van der Waals surface area contributed by atoms with E-state index in [1.807, 2.05) is 19.1 Å². The van der Waals surface area contributed by atoms with E-state index in [-0.39, 0.29) is 12.2 Å². The van der Waals surface area contributed by atoms with Crippen molar-refractivity contribution in [3.63, 3.8) is 0 Å². The second-order valence-corrected chi connectivity index (χ2v) is 4.63. The molecule has 1 aliphatic rings. The van der Waals surface area contributed by atoms with Gasteiger partial charge in [0.1, 0.15) is 12.4 Å². The Kier molecular flexibility index (Phi) is 4.02. The van der Waals surface area contributed by atoms with E-state index in [1.165, 1.54) is 5.56 Å². The lowest BCUT2D eigenvalue weighted by Crippen LogP contribution is -2.16. The molecule has 0 bridgehead atoms. The van der Waals surface area contributed by atoms with Gasteiger partial charge in [0.15, 0.2) is 0 Å². The Morgan fingerprint density at radius 3 is 3.06 bits per heavy atom. The molecule has 0 amide bonds. The van der Waals surface area contributed by atoms with E-state index >= 15 is 0 Å². The number of aryl methyl sites for hydroxylation is 1. The molecule has 0 heterocycles. The van der Waals surface area contributed by atoms with E-state index in [9.17, 15) is 5.11 Å². The number of hydrogen-bond acceptors (Lipinski definition) is 3. The number of rotatable bonds is 4. The molecule has 0 spiro atoms. The fourth-order valence-corrected chi connectivity index (χ4v) is 2.12. The first kappa shape index (κ1) is 12.4. The first-order valence-electron chi connectivity index (χ1n) is 6.17. The predicted molar refractivity (Wildman–Crippen MR) is 66.3 cm³/mol. The normalized spacial score (nSPS) is 20.8. The van der Waals surface area contributed by atoms with Crippen LogP contribution in [-0.2, 0) is 11.2 Å². The standard InChI is InChI=1S/C14H20O3/c1-10(16-2)9-17-12-7-6-11-4-3-5-14(15)13(11)8-12/h6-8,10,14-15H,3-5,9H2,1-2H3/t10?,14-/m1/s1. The lowest BCUT2D eigenvalue weighted by atomic mass is 9.89. The van der Waals surface area contributed by atoms with Gasteiger partial charge in [0.05, 0.1) is 12.2 Å². The Morgan fingerprint density at radius 1 is 1.47 bits per heavy atom. The van der Waals surface area contributed by atoms with Crippen molar-refractivity contribution in [3.05, 3.63) is 29.3 Å². The number of hydrogen-bond donors (Lipinski definition) is 1. The van der Waals surface area contributed by atoms with Crippen molar-refractivity contribution in [2.45, 2.75) is 38.4 Å². The molecular formula is C14H20O3. The van der Waals surface area contributed by atoms with Crippen LogP contribution in [0.4, 0.5) is 0 Å². The molecule has 3 heteroatoms. The van der Waals surface area contributed by atoms with Gasteiger partial charge in [0.2, 0.25) is 0 Å². The number of aliphatic hydroxyl groups is 1. The van der Waals surface area contributed by atoms with Crippen LogP contribution >= 0.6 is 0 Å². The lowest BCUT2D eigenvalue weighted by molar-refractivity contribution is 0.0714. The van der Waals surface area contributed by atoms with Crippen molar-refractivity contribution in [2.24, 2.45) is 0 Å². The molecule has 2 atom stereocenters. The van der Waals surface area contributed by atoms with Gasteiger partial charge in [-0.15, -0.1) is 0 Å². The average molecular weight is 236 g/mol. The van der Waals surface area contributed by atoms with Gasteiger partial charge in [-0.1, -0.05) is 6.07 Å². The summed E-state index contributed by atoms with van der Waals surface area (Å²) in [6.07, 6.45) is 2.72. The molecule has 0 saturated carbocycles. The molecule has 1 unspecified atom stereocenters. The second-order valence-electron chi connectivity index (χ2n) is 4.63. The van der Waals surface area contributed by atoms with Crippen LogP contribution in [0.15, 0.2) is 18.2 Å². The van der Waals surface area contributed by atoms with Crippen molar-refractivity contribution >= 4 is 0 Å². The maximum absolute atomic E-state index is 9.93. The maximum atomic E-state index is 9.93. The Labute approximate surface area is 102 Å². The maximum Gasteiger partial charge on any atom is 0.119 e. The number of methoxy groups -OCH3 is 1. The highest BCUT2D eigenvalue weighted by molar-refractivity contribution is 5.38. The van der Waals surface area contributed by atoms with Crippen LogP contribution in [-0.4, -0.2) is 24.9 Å². The Bertz CT molecular complexity index is 376. The first-order chi connectivity index (χ1) is 8.20. The number of ether oxygens (including phenoxy) is 2. The Hall–Kier alpha value is -1.06. The molecule has 1 aromatic carbocycles. The molecule has 1 N–H and O–H groups in total. The van der Waals surface area contributed by atoms with E-state index < -0.39 is 0 Å². The number of fused-ring (bicyclic) bond motifs is 1. The lowest BCUT2D eigenvalue weighted by Gasteiger charge is -2.22. The Morgan fingerprint density at radius 2 is 2.29 bits per heavy atom. The third-order valence-corrected chi connectivity index (χ3v) is 3.29. The van der Waals surface area contributed by atoms with E-state index in [4.69, 9.17) is 9.47 Å². The number of benzene rings is 1. The largest absolute Gasteiger partial charge is 0.491 e. The molecule has 2 rings (SSSR count). The van der Waals surface area contributed by atoms with Crippen LogP contribution in [0, 0.1) is 0 Å². The third kappa shape index (κ3) is 2.99. The summed E-state index contributed by atoms with van der Waals surface area (Å²) in [5.41, 5.74) is 2.27. The van der Waals surface area contributed by atoms with E-state index in [0.29, 0.717) is 6.61 Å². The van der Waals surface area contributed by atoms with Crippen LogP contribution in [0.5, 0.6) is 5.75 Å². The summed E-state index contributed by atoms with van der Waals surface area (Å²) in [5.74, 6) is 0.814. The molecule has 94 valence electrons. The van der Waals surface area contributed by atoms with Crippen molar-refractivity contribution in [1.82, 2.24) is 0 Å². The minimum absolute atomic E-state index is 0.0796. The fraction of sp³-hybridized carbons (Fsp3) is 0.571. The van der Waals surface area contributed by atoms with Crippen molar-refractivity contribution in [3.8, 4) is 5.75 Å². The van der Waals surface area contributed by atoms with Gasteiger partial charge in [0, 0.05) is 7.11 Å². The van der Waals surface area contributed by atoms with Crippen LogP contribution in [0.2, 0.25) is 0 Å². The summed E-state index contributed by atoms with van der Waals surface area (Å²) in [6, 6.07) is 5.99. The zero-order valence-corrected chi connectivity index (χ0v) is 10.5. The summed E-state index contributed by atoms with van der Waals surface area (Å²) in [6.45, 7) is 2.50. The highest BCUT2D eigenvalue weighted by Gasteiger charge is 2.18. The zero-order valence-electron chi connectivity index (χ0n) is 10.5. The smallest absolute Gasteiger partial charge is 0.119 e. The Balaban J connectivity index is 2.07. The van der Waals surface area contributed by atoms with Crippen LogP contribution in [0.3, 0.4) is 0 Å². The molecule has 17 heavy (non-hydrogen) atoms.